The van der Waals surface area contributed by atoms with Crippen LogP contribution >= 0.6 is 0 Å². The van der Waals surface area contributed by atoms with Crippen LogP contribution in [0.4, 0.5) is 0 Å². The van der Waals surface area contributed by atoms with E-state index in [1.165, 1.54) is 49.8 Å². The van der Waals surface area contributed by atoms with Gasteiger partial charge in [-0.25, -0.2) is 4.98 Å². The van der Waals surface area contributed by atoms with Gasteiger partial charge in [0.2, 0.25) is 0 Å². The van der Waals surface area contributed by atoms with E-state index in [9.17, 15) is 0 Å². The second-order valence-electron chi connectivity index (χ2n) is 6.70. The summed E-state index contributed by atoms with van der Waals surface area (Å²) in [6, 6.07) is 4.36. The Morgan fingerprint density at radius 1 is 1.29 bits per heavy atom. The zero-order valence-electron chi connectivity index (χ0n) is 13.3. The van der Waals surface area contributed by atoms with Crippen LogP contribution in [0.5, 0.6) is 0 Å². The molecule has 3 rings (SSSR count). The van der Waals surface area contributed by atoms with Crippen LogP contribution in [-0.2, 0) is 0 Å². The zero-order chi connectivity index (χ0) is 14.8. The van der Waals surface area contributed by atoms with Crippen molar-refractivity contribution in [3.63, 3.8) is 0 Å². The SMILES string of the molecule is Cc1ccn2c(C(N)CCC3CCCCC3)c(C)nc2c1. The maximum Gasteiger partial charge on any atom is 0.137 e. The number of nitrogens with zero attached hydrogens (tertiary/aromatic N) is 2. The number of imidazole rings is 1. The van der Waals surface area contributed by atoms with Gasteiger partial charge in [-0.05, 0) is 50.3 Å². The third-order valence-corrected chi connectivity index (χ3v) is 4.96. The fraction of sp³-hybridized carbons (Fsp3) is 0.611. The summed E-state index contributed by atoms with van der Waals surface area (Å²) in [7, 11) is 0. The molecule has 1 saturated carbocycles. The third-order valence-electron chi connectivity index (χ3n) is 4.96. The van der Waals surface area contributed by atoms with Crippen LogP contribution in [0.25, 0.3) is 5.65 Å². The second-order valence-corrected chi connectivity index (χ2v) is 6.70. The minimum Gasteiger partial charge on any atom is -0.323 e. The molecule has 2 heterocycles. The molecule has 3 heteroatoms. The molecule has 21 heavy (non-hydrogen) atoms. The Bertz CT molecular complexity index is 608. The fourth-order valence-electron chi connectivity index (χ4n) is 3.76. The molecular formula is C18H27N3. The quantitative estimate of drug-likeness (QED) is 0.909. The lowest BCUT2D eigenvalue weighted by molar-refractivity contribution is 0.323. The molecule has 0 bridgehead atoms. The number of hydrogen-bond donors (Lipinski definition) is 1. The maximum absolute atomic E-state index is 6.50. The lowest BCUT2D eigenvalue weighted by atomic mass is 9.85. The smallest absolute Gasteiger partial charge is 0.137 e. The first kappa shape index (κ1) is 14.6. The van der Waals surface area contributed by atoms with Crippen LogP contribution in [-0.4, -0.2) is 9.38 Å². The predicted molar refractivity (Wildman–Crippen MR) is 87.4 cm³/mol. The average molecular weight is 285 g/mol. The molecule has 3 nitrogen and oxygen atoms in total. The highest BCUT2D eigenvalue weighted by Crippen LogP contribution is 2.30. The monoisotopic (exact) mass is 285 g/mol. The van der Waals surface area contributed by atoms with Crippen LogP contribution in [0.1, 0.15) is 67.9 Å². The van der Waals surface area contributed by atoms with Gasteiger partial charge < -0.3 is 10.1 Å². The van der Waals surface area contributed by atoms with Crippen LogP contribution in [0, 0.1) is 19.8 Å². The van der Waals surface area contributed by atoms with Gasteiger partial charge in [-0.1, -0.05) is 32.1 Å². The Morgan fingerprint density at radius 3 is 2.81 bits per heavy atom. The van der Waals surface area contributed by atoms with E-state index in [2.05, 4.69) is 41.6 Å². The Kier molecular flexibility index (Phi) is 4.29. The number of nitrogens with two attached hydrogens (primary N) is 1. The van der Waals surface area contributed by atoms with E-state index in [0.717, 1.165) is 23.7 Å². The molecule has 2 N–H and O–H groups in total. The largest absolute Gasteiger partial charge is 0.323 e. The molecule has 0 spiro atoms. The van der Waals surface area contributed by atoms with Gasteiger partial charge in [0.1, 0.15) is 5.65 Å². The molecule has 1 fully saturated rings. The van der Waals surface area contributed by atoms with Crippen molar-refractivity contribution in [2.45, 2.75) is 64.8 Å². The van der Waals surface area contributed by atoms with Gasteiger partial charge in [-0.15, -0.1) is 0 Å². The summed E-state index contributed by atoms with van der Waals surface area (Å²) >= 11 is 0. The molecule has 2 aromatic rings. The first-order chi connectivity index (χ1) is 10.1. The average Bonchev–Trinajstić information content (AvgIpc) is 2.81. The minimum atomic E-state index is 0.102. The molecule has 1 aliphatic rings. The number of rotatable bonds is 4. The highest BCUT2D eigenvalue weighted by atomic mass is 15.0. The van der Waals surface area contributed by atoms with E-state index in [1.807, 2.05) is 0 Å². The predicted octanol–water partition coefficient (Wildman–Crippen LogP) is 4.31. The van der Waals surface area contributed by atoms with Crippen molar-refractivity contribution in [1.29, 1.82) is 0 Å². The van der Waals surface area contributed by atoms with E-state index in [4.69, 9.17) is 5.73 Å². The Hall–Kier alpha value is -1.35. The van der Waals surface area contributed by atoms with Gasteiger partial charge in [0.15, 0.2) is 0 Å². The summed E-state index contributed by atoms with van der Waals surface area (Å²) in [5, 5.41) is 0. The Morgan fingerprint density at radius 2 is 2.05 bits per heavy atom. The second kappa shape index (κ2) is 6.18. The summed E-state index contributed by atoms with van der Waals surface area (Å²) in [6.07, 6.45) is 11.5. The summed E-state index contributed by atoms with van der Waals surface area (Å²) < 4.78 is 2.17. The van der Waals surface area contributed by atoms with E-state index in [-0.39, 0.29) is 6.04 Å². The normalized spacial score (nSPS) is 18.2. The topological polar surface area (TPSA) is 43.3 Å². The fourth-order valence-corrected chi connectivity index (χ4v) is 3.76. The van der Waals surface area contributed by atoms with Crippen LogP contribution < -0.4 is 5.73 Å². The summed E-state index contributed by atoms with van der Waals surface area (Å²) in [6.45, 7) is 4.19. The number of pyridine rings is 1. The molecular weight excluding hydrogens is 258 g/mol. The minimum absolute atomic E-state index is 0.102. The molecule has 0 radical (unpaired) electrons. The molecule has 1 atom stereocenters. The van der Waals surface area contributed by atoms with Crippen molar-refractivity contribution in [2.75, 3.05) is 0 Å². The highest BCUT2D eigenvalue weighted by Gasteiger charge is 2.19. The van der Waals surface area contributed by atoms with Gasteiger partial charge in [-0.2, -0.15) is 0 Å². The maximum atomic E-state index is 6.50. The lowest BCUT2D eigenvalue weighted by Gasteiger charge is -2.23. The van der Waals surface area contributed by atoms with Crippen LogP contribution in [0.3, 0.4) is 0 Å². The van der Waals surface area contributed by atoms with Crippen molar-refractivity contribution in [3.8, 4) is 0 Å². The summed E-state index contributed by atoms with van der Waals surface area (Å²) in [4.78, 5) is 4.67. The van der Waals surface area contributed by atoms with Gasteiger partial charge in [0.05, 0.1) is 11.4 Å². The third kappa shape index (κ3) is 3.13. The van der Waals surface area contributed by atoms with Crippen LogP contribution in [0.2, 0.25) is 0 Å². The first-order valence-corrected chi connectivity index (χ1v) is 8.36. The van der Waals surface area contributed by atoms with Gasteiger partial charge >= 0.3 is 0 Å². The van der Waals surface area contributed by atoms with Gasteiger partial charge in [0, 0.05) is 12.2 Å². The summed E-state index contributed by atoms with van der Waals surface area (Å²) in [5.41, 5.74) is 11.0. The lowest BCUT2D eigenvalue weighted by Crippen LogP contribution is -2.16. The van der Waals surface area contributed by atoms with E-state index < -0.39 is 0 Å². The van der Waals surface area contributed by atoms with Gasteiger partial charge in [0.25, 0.3) is 0 Å². The van der Waals surface area contributed by atoms with Crippen molar-refractivity contribution >= 4 is 5.65 Å². The Labute approximate surface area is 127 Å². The molecule has 1 unspecified atom stereocenters. The number of fused-ring (bicyclic) bond motifs is 1. The molecule has 0 saturated heterocycles. The van der Waals surface area contributed by atoms with Crippen molar-refractivity contribution in [2.24, 2.45) is 11.7 Å². The van der Waals surface area contributed by atoms with E-state index >= 15 is 0 Å². The molecule has 0 aliphatic heterocycles. The Balaban J connectivity index is 1.74. The molecule has 0 aromatic carbocycles. The molecule has 114 valence electrons. The molecule has 2 aromatic heterocycles. The van der Waals surface area contributed by atoms with Crippen molar-refractivity contribution < 1.29 is 0 Å². The van der Waals surface area contributed by atoms with Crippen molar-refractivity contribution in [1.82, 2.24) is 9.38 Å². The highest BCUT2D eigenvalue weighted by molar-refractivity contribution is 5.46. The van der Waals surface area contributed by atoms with Gasteiger partial charge in [-0.3, -0.25) is 0 Å². The molecule has 0 amide bonds. The number of aromatic nitrogens is 2. The van der Waals surface area contributed by atoms with Crippen LogP contribution in [0.15, 0.2) is 18.3 Å². The summed E-state index contributed by atoms with van der Waals surface area (Å²) in [5.74, 6) is 0.895. The zero-order valence-corrected chi connectivity index (χ0v) is 13.3. The first-order valence-electron chi connectivity index (χ1n) is 8.36. The number of aryl methyl sites for hydroxylation is 2. The van der Waals surface area contributed by atoms with E-state index in [0.29, 0.717) is 0 Å². The van der Waals surface area contributed by atoms with E-state index in [1.54, 1.807) is 0 Å². The van der Waals surface area contributed by atoms with Crippen molar-refractivity contribution in [3.05, 3.63) is 35.3 Å². The standard InChI is InChI=1S/C18H27N3/c1-13-10-11-21-17(12-13)20-14(2)18(21)16(19)9-8-15-6-4-3-5-7-15/h10-12,15-16H,3-9,19H2,1-2H3. The number of hydrogen-bond acceptors (Lipinski definition) is 2. The molecule has 1 aliphatic carbocycles.